The van der Waals surface area contributed by atoms with Crippen LogP contribution < -0.4 is 22.6 Å². The molecule has 0 aliphatic carbocycles. The summed E-state index contributed by atoms with van der Waals surface area (Å²) in [7, 11) is 0. The van der Waals surface area contributed by atoms with E-state index in [9.17, 15) is 19.2 Å². The lowest BCUT2D eigenvalue weighted by Crippen LogP contribution is -2.11. The monoisotopic (exact) mass is 858 g/mol. The third kappa shape index (κ3) is 11.9. The lowest BCUT2D eigenvalue weighted by molar-refractivity contribution is -0.115. The minimum absolute atomic E-state index is 0.167. The highest BCUT2D eigenvalue weighted by molar-refractivity contribution is 7.22. The summed E-state index contributed by atoms with van der Waals surface area (Å²) in [5.74, 6) is 0.167. The van der Waals surface area contributed by atoms with Crippen LogP contribution in [0.25, 0.3) is 41.3 Å². The average Bonchev–Trinajstić information content (AvgIpc) is 3.93. The van der Waals surface area contributed by atoms with Crippen molar-refractivity contribution < 1.29 is 9.59 Å². The van der Waals surface area contributed by atoms with Gasteiger partial charge in [0.05, 0.1) is 23.7 Å². The Morgan fingerprint density at radius 3 is 1.34 bits per heavy atom. The molecular formula is C50H46N6O4S2. The molecule has 0 spiro atoms. The van der Waals surface area contributed by atoms with E-state index in [0.717, 1.165) is 55.1 Å². The Morgan fingerprint density at radius 2 is 0.968 bits per heavy atom. The van der Waals surface area contributed by atoms with Gasteiger partial charge >= 0.3 is 0 Å². The van der Waals surface area contributed by atoms with E-state index in [1.807, 2.05) is 81.9 Å². The maximum absolute atomic E-state index is 12.2. The van der Waals surface area contributed by atoms with Crippen molar-refractivity contribution >= 4 is 66.6 Å². The quantitative estimate of drug-likeness (QED) is 0.119. The van der Waals surface area contributed by atoms with Gasteiger partial charge < -0.3 is 25.4 Å². The van der Waals surface area contributed by atoms with Crippen molar-refractivity contribution in [1.29, 1.82) is 0 Å². The van der Waals surface area contributed by atoms with E-state index in [2.05, 4.69) is 78.4 Å². The number of aldehydes is 1. The van der Waals surface area contributed by atoms with Crippen LogP contribution in [0.15, 0.2) is 162 Å². The third-order valence-electron chi connectivity index (χ3n) is 9.33. The lowest BCUT2D eigenvalue weighted by Gasteiger charge is -2.07. The number of benzene rings is 5. The van der Waals surface area contributed by atoms with E-state index < -0.39 is 0 Å². The van der Waals surface area contributed by atoms with Gasteiger partial charge in [-0.2, -0.15) is 9.97 Å². The maximum Gasteiger partial charge on any atom is 0.290 e. The van der Waals surface area contributed by atoms with Crippen molar-refractivity contribution in [3.8, 4) is 20.9 Å². The van der Waals surface area contributed by atoms with Gasteiger partial charge in [0.2, 0.25) is 0 Å². The summed E-state index contributed by atoms with van der Waals surface area (Å²) in [6.45, 7) is 8.52. The zero-order valence-corrected chi connectivity index (χ0v) is 36.5. The molecule has 0 atom stereocenters. The molecule has 12 heteroatoms. The molecule has 4 N–H and O–H groups in total. The van der Waals surface area contributed by atoms with E-state index >= 15 is 0 Å². The molecule has 10 nitrogen and oxygen atoms in total. The van der Waals surface area contributed by atoms with Crippen LogP contribution in [0.1, 0.15) is 46.5 Å². The number of fused-ring (bicyclic) bond motifs is 2. The number of hydrogen-bond acceptors (Lipinski definition) is 10. The number of rotatable bonds is 7. The predicted molar refractivity (Wildman–Crippen MR) is 256 cm³/mol. The van der Waals surface area contributed by atoms with E-state index in [1.54, 1.807) is 24.8 Å². The maximum atomic E-state index is 12.2. The van der Waals surface area contributed by atoms with Gasteiger partial charge in [-0.15, -0.1) is 22.7 Å². The van der Waals surface area contributed by atoms with Crippen LogP contribution in [0.3, 0.4) is 0 Å². The summed E-state index contributed by atoms with van der Waals surface area (Å²) in [5, 5.41) is 0. The van der Waals surface area contributed by atoms with Gasteiger partial charge in [-0.3, -0.25) is 14.4 Å². The molecule has 9 aromatic rings. The molecule has 0 radical (unpaired) electrons. The molecule has 0 saturated carbocycles. The largest absolute Gasteiger partial charge is 0.399 e. The number of aromatic nitrogens is 4. The van der Waals surface area contributed by atoms with E-state index in [4.69, 9.17) is 11.5 Å². The van der Waals surface area contributed by atoms with Gasteiger partial charge in [-0.1, -0.05) is 114 Å². The Hall–Kier alpha value is -7.28. The molecule has 0 aliphatic rings. The SMILES string of the molecule is CC(C)=O.Cc1ccc(Cn2cnc(=O)c3sc(-c4ccc(C=O)cc4)cc32)cc1.Cc1ccc(Cn2cnc(=O)c3sc(-c4ccc(N)cc4)cc32)cc1.Nc1ccccc1. The first-order chi connectivity index (χ1) is 29.9. The Kier molecular flexibility index (Phi) is 14.9. The smallest absolute Gasteiger partial charge is 0.290 e. The number of nitrogen functional groups attached to an aromatic ring is 2. The van der Waals surface area contributed by atoms with Crippen molar-refractivity contribution in [3.63, 3.8) is 0 Å². The predicted octanol–water partition coefficient (Wildman–Crippen LogP) is 10.2. The number of nitrogens with zero attached hydrogens (tertiary/aromatic N) is 4. The van der Waals surface area contributed by atoms with Crippen LogP contribution in [0, 0.1) is 13.8 Å². The first-order valence-electron chi connectivity index (χ1n) is 19.6. The summed E-state index contributed by atoms with van der Waals surface area (Å²) >= 11 is 2.91. The normalized spacial score (nSPS) is 10.5. The first kappa shape index (κ1) is 44.3. The fourth-order valence-electron chi connectivity index (χ4n) is 6.13. The van der Waals surface area contributed by atoms with Crippen molar-refractivity contribution in [2.75, 3.05) is 11.5 Å². The van der Waals surface area contributed by atoms with Crippen LogP contribution in [-0.2, 0) is 17.9 Å². The third-order valence-corrected chi connectivity index (χ3v) is 11.7. The summed E-state index contributed by atoms with van der Waals surface area (Å²) in [5.41, 5.74) is 21.5. The molecule has 5 aromatic carbocycles. The molecule has 0 aliphatic heterocycles. The summed E-state index contributed by atoms with van der Waals surface area (Å²) in [6.07, 6.45) is 4.06. The van der Waals surface area contributed by atoms with Crippen LogP contribution in [-0.4, -0.2) is 31.2 Å². The standard InChI is InChI=1S/C21H16N2O2S.C20H17N3OS.C6H7N.C3H6O/c1-14-2-4-15(5-3-14)11-23-13-22-21(25)20-18(23)10-19(26-20)17-8-6-16(12-24)7-9-17;1-13-2-4-14(5-3-13)11-23-12-22-20(24)19-17(23)10-18(25-19)15-6-8-16(21)9-7-15;7-6-4-2-1-3-5-6;1-3(2)4/h2-10,12-13H,11H2,1H3;2-10,12H,11,21H2,1H3;1-5H,7H2;1-2H3. The molecule has 312 valence electrons. The molecular weight excluding hydrogens is 813 g/mol. The van der Waals surface area contributed by atoms with Gasteiger partial charge in [0.1, 0.15) is 21.5 Å². The number of ketones is 1. The van der Waals surface area contributed by atoms with Crippen molar-refractivity contribution in [1.82, 2.24) is 19.1 Å². The fourth-order valence-corrected chi connectivity index (χ4v) is 8.26. The van der Waals surface area contributed by atoms with Gasteiger partial charge in [-0.05, 0) is 86.3 Å². The zero-order chi connectivity index (χ0) is 44.2. The first-order valence-corrected chi connectivity index (χ1v) is 21.3. The molecule has 9 rings (SSSR count). The minimum atomic E-state index is -0.207. The second kappa shape index (κ2) is 20.8. The van der Waals surface area contributed by atoms with Gasteiger partial charge in [0.25, 0.3) is 11.1 Å². The molecule has 0 saturated heterocycles. The molecule has 4 heterocycles. The van der Waals surface area contributed by atoms with Crippen molar-refractivity contribution in [3.05, 3.63) is 201 Å². The Labute approximate surface area is 367 Å². The molecule has 0 amide bonds. The number of carbonyl (C=O) groups excluding carboxylic acids is 2. The summed E-state index contributed by atoms with van der Waals surface area (Å²) < 4.78 is 5.36. The van der Waals surface area contributed by atoms with Crippen molar-refractivity contribution in [2.45, 2.75) is 40.8 Å². The van der Waals surface area contributed by atoms with Gasteiger partial charge in [0, 0.05) is 39.8 Å². The lowest BCUT2D eigenvalue weighted by atomic mass is 10.1. The van der Waals surface area contributed by atoms with Crippen LogP contribution >= 0.6 is 22.7 Å². The highest BCUT2D eigenvalue weighted by Gasteiger charge is 2.13. The molecule has 0 bridgehead atoms. The number of nitrogens with two attached hydrogens (primary N) is 2. The second-order valence-electron chi connectivity index (χ2n) is 14.7. The topological polar surface area (TPSA) is 156 Å². The number of hydrogen-bond donors (Lipinski definition) is 2. The van der Waals surface area contributed by atoms with Gasteiger partial charge in [0.15, 0.2) is 0 Å². The minimum Gasteiger partial charge on any atom is -0.399 e. The Morgan fingerprint density at radius 1 is 0.581 bits per heavy atom. The number of thiophene rings is 2. The van der Waals surface area contributed by atoms with Crippen LogP contribution in [0.2, 0.25) is 0 Å². The molecule has 62 heavy (non-hydrogen) atoms. The summed E-state index contributed by atoms with van der Waals surface area (Å²) in [6, 6.07) is 45.3. The van der Waals surface area contributed by atoms with Crippen LogP contribution in [0.4, 0.5) is 11.4 Å². The fraction of sp³-hybridized carbons (Fsp3) is 0.120. The number of aryl methyl sites for hydroxylation is 2. The van der Waals surface area contributed by atoms with E-state index in [1.165, 1.54) is 53.2 Å². The molecule has 0 fully saturated rings. The Bertz CT molecular complexity index is 3020. The Balaban J connectivity index is 0.000000167. The molecule has 0 unspecified atom stereocenters. The summed E-state index contributed by atoms with van der Waals surface area (Å²) in [4.78, 5) is 54.8. The number of Topliss-reactive ketones (excluding diaryl/α,β-unsaturated/α-hetero) is 1. The number of para-hydroxylation sites is 1. The van der Waals surface area contributed by atoms with E-state index in [0.29, 0.717) is 28.1 Å². The second-order valence-corrected chi connectivity index (χ2v) is 16.8. The van der Waals surface area contributed by atoms with Crippen LogP contribution in [0.5, 0.6) is 0 Å². The molecule has 4 aromatic heterocycles. The van der Waals surface area contributed by atoms with Crippen molar-refractivity contribution in [2.24, 2.45) is 0 Å². The average molecular weight is 859 g/mol. The zero-order valence-electron chi connectivity index (χ0n) is 34.8. The number of carbonyl (C=O) groups is 2. The highest BCUT2D eigenvalue weighted by Crippen LogP contribution is 2.33. The number of anilines is 2. The highest BCUT2D eigenvalue weighted by atomic mass is 32.1. The van der Waals surface area contributed by atoms with E-state index in [-0.39, 0.29) is 16.9 Å². The van der Waals surface area contributed by atoms with Gasteiger partial charge in [-0.25, -0.2) is 0 Å².